The lowest BCUT2D eigenvalue weighted by Gasteiger charge is -2.19. The van der Waals surface area contributed by atoms with Gasteiger partial charge in [0.15, 0.2) is 0 Å². The Bertz CT molecular complexity index is 454. The number of hydrogen-bond donors (Lipinski definition) is 3. The molecule has 0 aliphatic rings. The van der Waals surface area contributed by atoms with E-state index in [2.05, 4.69) is 10.6 Å². The van der Waals surface area contributed by atoms with Gasteiger partial charge in [-0.25, -0.2) is 4.79 Å². The second-order valence-electron chi connectivity index (χ2n) is 4.24. The van der Waals surface area contributed by atoms with Crippen LogP contribution >= 0.6 is 0 Å². The highest BCUT2D eigenvalue weighted by molar-refractivity contribution is 5.89. The van der Waals surface area contributed by atoms with Crippen LogP contribution in [-0.4, -0.2) is 23.8 Å². The maximum absolute atomic E-state index is 11.7. The van der Waals surface area contributed by atoms with Crippen molar-refractivity contribution in [3.8, 4) is 6.07 Å². The second kappa shape index (κ2) is 6.62. The van der Waals surface area contributed by atoms with E-state index < -0.39 is 0 Å². The maximum Gasteiger partial charge on any atom is 0.319 e. The van der Waals surface area contributed by atoms with Gasteiger partial charge < -0.3 is 15.7 Å². The van der Waals surface area contributed by atoms with Crippen molar-refractivity contribution in [1.82, 2.24) is 5.32 Å². The van der Waals surface area contributed by atoms with E-state index in [1.165, 1.54) is 0 Å². The van der Waals surface area contributed by atoms with E-state index in [1.807, 2.05) is 19.9 Å². The minimum Gasteiger partial charge on any atom is -0.396 e. The van der Waals surface area contributed by atoms with Crippen LogP contribution in [0.15, 0.2) is 24.3 Å². The summed E-state index contributed by atoms with van der Waals surface area (Å²) < 4.78 is 0. The van der Waals surface area contributed by atoms with Gasteiger partial charge in [-0.2, -0.15) is 5.26 Å². The monoisotopic (exact) mass is 247 g/mol. The minimum atomic E-state index is -0.349. The molecule has 0 saturated heterocycles. The van der Waals surface area contributed by atoms with Crippen LogP contribution < -0.4 is 10.6 Å². The molecule has 5 heteroatoms. The number of hydrogen-bond acceptors (Lipinski definition) is 3. The van der Waals surface area contributed by atoms with Crippen molar-refractivity contribution >= 4 is 11.7 Å². The van der Waals surface area contributed by atoms with Gasteiger partial charge >= 0.3 is 6.03 Å². The van der Waals surface area contributed by atoms with Crippen LogP contribution in [0.2, 0.25) is 0 Å². The quantitative estimate of drug-likeness (QED) is 0.757. The van der Waals surface area contributed by atoms with Crippen LogP contribution in [0.3, 0.4) is 0 Å². The summed E-state index contributed by atoms with van der Waals surface area (Å²) in [6.45, 7) is 3.69. The maximum atomic E-state index is 11.7. The summed E-state index contributed by atoms with van der Waals surface area (Å²) >= 11 is 0. The number of aliphatic hydroxyl groups is 1. The third kappa shape index (κ3) is 4.07. The van der Waals surface area contributed by atoms with Crippen molar-refractivity contribution < 1.29 is 9.90 Å². The molecular weight excluding hydrogens is 230 g/mol. The zero-order valence-corrected chi connectivity index (χ0v) is 10.5. The fourth-order valence-electron chi connectivity index (χ4n) is 1.34. The fourth-order valence-corrected chi connectivity index (χ4v) is 1.34. The molecule has 0 bridgehead atoms. The van der Waals surface area contributed by atoms with Gasteiger partial charge in [0.05, 0.1) is 11.6 Å². The van der Waals surface area contributed by atoms with Crippen LogP contribution in [-0.2, 0) is 0 Å². The van der Waals surface area contributed by atoms with Gasteiger partial charge in [0.2, 0.25) is 0 Å². The molecule has 2 atom stereocenters. The van der Waals surface area contributed by atoms with Crippen LogP contribution in [0.25, 0.3) is 0 Å². The largest absolute Gasteiger partial charge is 0.396 e. The Morgan fingerprint density at radius 1 is 1.50 bits per heavy atom. The Morgan fingerprint density at radius 2 is 2.22 bits per heavy atom. The van der Waals surface area contributed by atoms with Gasteiger partial charge in [-0.05, 0) is 31.0 Å². The lowest BCUT2D eigenvalue weighted by molar-refractivity contribution is 0.204. The first kappa shape index (κ1) is 14.0. The Labute approximate surface area is 106 Å². The predicted molar refractivity (Wildman–Crippen MR) is 69.0 cm³/mol. The number of carbonyl (C=O) groups excluding carboxylic acids is 1. The number of anilines is 1. The molecule has 0 aliphatic carbocycles. The highest BCUT2D eigenvalue weighted by atomic mass is 16.3. The molecule has 0 aromatic heterocycles. The van der Waals surface area contributed by atoms with Gasteiger partial charge in [-0.1, -0.05) is 13.0 Å². The first-order chi connectivity index (χ1) is 8.56. The smallest absolute Gasteiger partial charge is 0.319 e. The van der Waals surface area contributed by atoms with E-state index in [0.717, 1.165) is 0 Å². The molecule has 1 rings (SSSR count). The van der Waals surface area contributed by atoms with Crippen LogP contribution in [0.4, 0.5) is 10.5 Å². The number of urea groups is 1. The van der Waals surface area contributed by atoms with Crippen molar-refractivity contribution in [3.63, 3.8) is 0 Å². The van der Waals surface area contributed by atoms with E-state index in [4.69, 9.17) is 10.4 Å². The number of amides is 2. The number of benzene rings is 1. The zero-order chi connectivity index (χ0) is 13.5. The summed E-state index contributed by atoms with van der Waals surface area (Å²) in [5.41, 5.74) is 1.06. The summed E-state index contributed by atoms with van der Waals surface area (Å²) in [4.78, 5) is 11.7. The van der Waals surface area contributed by atoms with Gasteiger partial charge in [0.1, 0.15) is 0 Å². The van der Waals surface area contributed by atoms with E-state index in [9.17, 15) is 4.79 Å². The van der Waals surface area contributed by atoms with Crippen molar-refractivity contribution in [2.75, 3.05) is 11.9 Å². The lowest BCUT2D eigenvalue weighted by Crippen LogP contribution is -2.40. The number of aliphatic hydroxyl groups excluding tert-OH is 1. The number of nitriles is 1. The Hall–Kier alpha value is -2.06. The zero-order valence-electron chi connectivity index (χ0n) is 10.5. The molecule has 0 saturated carbocycles. The number of nitrogens with one attached hydrogen (secondary N) is 2. The van der Waals surface area contributed by atoms with E-state index in [1.54, 1.807) is 24.3 Å². The molecule has 96 valence electrons. The molecule has 1 aromatic carbocycles. The molecule has 0 heterocycles. The molecule has 5 nitrogen and oxygen atoms in total. The van der Waals surface area contributed by atoms with Crippen molar-refractivity contribution in [2.45, 2.75) is 19.9 Å². The normalized spacial score (nSPS) is 13.2. The van der Waals surface area contributed by atoms with Gasteiger partial charge in [0, 0.05) is 18.3 Å². The average molecular weight is 247 g/mol. The van der Waals surface area contributed by atoms with E-state index >= 15 is 0 Å². The van der Waals surface area contributed by atoms with Crippen molar-refractivity contribution in [2.24, 2.45) is 5.92 Å². The molecule has 2 unspecified atom stereocenters. The number of rotatable bonds is 4. The van der Waals surface area contributed by atoms with Gasteiger partial charge in [-0.3, -0.25) is 0 Å². The van der Waals surface area contributed by atoms with Gasteiger partial charge in [0.25, 0.3) is 0 Å². The molecule has 0 aliphatic heterocycles. The third-order valence-corrected chi connectivity index (χ3v) is 2.75. The predicted octanol–water partition coefficient (Wildman–Crippen LogP) is 1.70. The molecule has 0 spiro atoms. The standard InChI is InChI=1S/C13H17N3O2/c1-9(8-17)10(2)15-13(18)16-12-5-3-4-11(6-12)7-14/h3-6,9-10,17H,8H2,1-2H3,(H2,15,16,18). The number of nitrogens with zero attached hydrogens (tertiary/aromatic N) is 1. The van der Waals surface area contributed by atoms with Crippen molar-refractivity contribution in [3.05, 3.63) is 29.8 Å². The molecule has 2 amide bonds. The lowest BCUT2D eigenvalue weighted by atomic mass is 10.1. The second-order valence-corrected chi connectivity index (χ2v) is 4.24. The average Bonchev–Trinajstić information content (AvgIpc) is 2.37. The highest BCUT2D eigenvalue weighted by Gasteiger charge is 2.13. The molecule has 18 heavy (non-hydrogen) atoms. The van der Waals surface area contributed by atoms with Crippen molar-refractivity contribution in [1.29, 1.82) is 5.26 Å². The highest BCUT2D eigenvalue weighted by Crippen LogP contribution is 2.09. The summed E-state index contributed by atoms with van der Waals surface area (Å²) in [7, 11) is 0. The molecule has 0 fully saturated rings. The van der Waals surface area contributed by atoms with Crippen LogP contribution in [0.1, 0.15) is 19.4 Å². The Morgan fingerprint density at radius 3 is 2.83 bits per heavy atom. The van der Waals surface area contributed by atoms with Gasteiger partial charge in [-0.15, -0.1) is 0 Å². The topological polar surface area (TPSA) is 85.2 Å². The Kier molecular flexibility index (Phi) is 5.15. The minimum absolute atomic E-state index is 0.0128. The number of carbonyl (C=O) groups is 1. The fraction of sp³-hybridized carbons (Fsp3) is 0.385. The first-order valence-corrected chi connectivity index (χ1v) is 5.75. The molecular formula is C13H17N3O2. The van der Waals surface area contributed by atoms with E-state index in [-0.39, 0.29) is 24.6 Å². The van der Waals surface area contributed by atoms with Crippen LogP contribution in [0, 0.1) is 17.2 Å². The molecule has 0 radical (unpaired) electrons. The SMILES string of the molecule is CC(CO)C(C)NC(=O)Nc1cccc(C#N)c1. The summed E-state index contributed by atoms with van der Waals surface area (Å²) in [5, 5.41) is 23.1. The summed E-state index contributed by atoms with van der Waals surface area (Å²) in [5.74, 6) is -0.0128. The van der Waals surface area contributed by atoms with Crippen LogP contribution in [0.5, 0.6) is 0 Å². The van der Waals surface area contributed by atoms with E-state index in [0.29, 0.717) is 11.3 Å². The summed E-state index contributed by atoms with van der Waals surface area (Å²) in [6, 6.07) is 8.20. The third-order valence-electron chi connectivity index (χ3n) is 2.75. The molecule has 3 N–H and O–H groups in total. The molecule has 1 aromatic rings. The Balaban J connectivity index is 2.57. The first-order valence-electron chi connectivity index (χ1n) is 5.75. The summed E-state index contributed by atoms with van der Waals surface area (Å²) in [6.07, 6.45) is 0.